The SMILES string of the molecule is CN1C(=O)[C@@H](OC(=O)NC(C)(C)C)COc2ccc(OCc3nccn3C)cc21. The van der Waals surface area contributed by atoms with Crippen molar-refractivity contribution < 1.29 is 23.8 Å². The second-order valence-electron chi connectivity index (χ2n) is 7.85. The Balaban J connectivity index is 1.71. The van der Waals surface area contributed by atoms with Crippen LogP contribution in [0.2, 0.25) is 0 Å². The van der Waals surface area contributed by atoms with Crippen LogP contribution >= 0.6 is 0 Å². The summed E-state index contributed by atoms with van der Waals surface area (Å²) in [5.41, 5.74) is 0.0645. The van der Waals surface area contributed by atoms with Gasteiger partial charge in [0.25, 0.3) is 5.91 Å². The van der Waals surface area contributed by atoms with E-state index in [0.29, 0.717) is 23.8 Å². The molecule has 0 radical (unpaired) electrons. The van der Waals surface area contributed by atoms with Gasteiger partial charge in [0, 0.05) is 38.1 Å². The Labute approximate surface area is 169 Å². The Hall–Kier alpha value is -3.23. The van der Waals surface area contributed by atoms with Gasteiger partial charge in [0.2, 0.25) is 6.10 Å². The predicted octanol–water partition coefficient (Wildman–Crippen LogP) is 2.25. The molecule has 1 aliphatic heterocycles. The lowest BCUT2D eigenvalue weighted by molar-refractivity contribution is -0.127. The number of nitrogens with one attached hydrogen (secondary N) is 1. The molecule has 3 rings (SSSR count). The number of ether oxygens (including phenoxy) is 3. The van der Waals surface area contributed by atoms with E-state index < -0.39 is 17.7 Å². The van der Waals surface area contributed by atoms with Gasteiger partial charge in [0.1, 0.15) is 30.5 Å². The number of carbonyl (C=O) groups is 2. The van der Waals surface area contributed by atoms with Crippen molar-refractivity contribution in [3.8, 4) is 11.5 Å². The highest BCUT2D eigenvalue weighted by molar-refractivity contribution is 5.99. The fourth-order valence-electron chi connectivity index (χ4n) is 2.78. The van der Waals surface area contributed by atoms with Gasteiger partial charge in [-0.05, 0) is 32.9 Å². The smallest absolute Gasteiger partial charge is 0.408 e. The minimum atomic E-state index is -1.05. The number of benzene rings is 1. The summed E-state index contributed by atoms with van der Waals surface area (Å²) in [7, 11) is 3.50. The number of aryl methyl sites for hydroxylation is 1. The number of alkyl carbamates (subject to hydrolysis) is 1. The van der Waals surface area contributed by atoms with E-state index in [0.717, 1.165) is 5.82 Å². The van der Waals surface area contributed by atoms with Gasteiger partial charge in [0.05, 0.1) is 5.69 Å². The first kappa shape index (κ1) is 20.5. The van der Waals surface area contributed by atoms with Crippen LogP contribution in [0.15, 0.2) is 30.6 Å². The van der Waals surface area contributed by atoms with Gasteiger partial charge in [-0.25, -0.2) is 9.78 Å². The van der Waals surface area contributed by atoms with Crippen LogP contribution in [0.1, 0.15) is 26.6 Å². The zero-order valence-corrected chi connectivity index (χ0v) is 17.3. The molecule has 9 heteroatoms. The molecule has 0 unspecified atom stereocenters. The minimum absolute atomic E-state index is 0.0682. The van der Waals surface area contributed by atoms with Crippen molar-refractivity contribution in [2.75, 3.05) is 18.6 Å². The van der Waals surface area contributed by atoms with E-state index in [-0.39, 0.29) is 12.5 Å². The molecule has 1 N–H and O–H groups in total. The fraction of sp³-hybridized carbons (Fsp3) is 0.450. The van der Waals surface area contributed by atoms with Crippen LogP contribution in [0.3, 0.4) is 0 Å². The number of rotatable bonds is 4. The first-order valence-electron chi connectivity index (χ1n) is 9.26. The van der Waals surface area contributed by atoms with Gasteiger partial charge in [-0.1, -0.05) is 0 Å². The molecule has 0 spiro atoms. The summed E-state index contributed by atoms with van der Waals surface area (Å²) in [5.74, 6) is 1.47. The number of aromatic nitrogens is 2. The van der Waals surface area contributed by atoms with Crippen molar-refractivity contribution in [1.82, 2.24) is 14.9 Å². The molecule has 1 aromatic carbocycles. The number of likely N-dealkylation sites (N-methyl/N-ethyl adjacent to an activating group) is 1. The van der Waals surface area contributed by atoms with Crippen molar-refractivity contribution >= 4 is 17.7 Å². The summed E-state index contributed by atoms with van der Waals surface area (Å²) < 4.78 is 18.7. The average molecular weight is 402 g/mol. The molecule has 2 aromatic rings. The topological polar surface area (TPSA) is 94.9 Å². The molecule has 0 saturated heterocycles. The fourth-order valence-corrected chi connectivity index (χ4v) is 2.78. The van der Waals surface area contributed by atoms with Crippen molar-refractivity contribution in [2.24, 2.45) is 7.05 Å². The van der Waals surface area contributed by atoms with E-state index in [9.17, 15) is 9.59 Å². The summed E-state index contributed by atoms with van der Waals surface area (Å²) in [6.45, 7) is 5.71. The molecule has 156 valence electrons. The molecule has 0 bridgehead atoms. The molecule has 29 heavy (non-hydrogen) atoms. The van der Waals surface area contributed by atoms with E-state index in [4.69, 9.17) is 14.2 Å². The summed E-state index contributed by atoms with van der Waals surface area (Å²) in [4.78, 5) is 30.5. The van der Waals surface area contributed by atoms with Crippen LogP contribution < -0.4 is 19.7 Å². The van der Waals surface area contributed by atoms with Crippen molar-refractivity contribution in [1.29, 1.82) is 0 Å². The number of nitrogens with zero attached hydrogens (tertiary/aromatic N) is 3. The third-order valence-corrected chi connectivity index (χ3v) is 4.30. The lowest BCUT2D eigenvalue weighted by Gasteiger charge is -2.23. The maximum atomic E-state index is 12.8. The van der Waals surface area contributed by atoms with E-state index in [2.05, 4.69) is 10.3 Å². The zero-order chi connectivity index (χ0) is 21.2. The van der Waals surface area contributed by atoms with E-state index in [1.807, 2.05) is 38.6 Å². The first-order valence-corrected chi connectivity index (χ1v) is 9.26. The van der Waals surface area contributed by atoms with Gasteiger partial charge in [-0.2, -0.15) is 0 Å². The number of fused-ring (bicyclic) bond motifs is 1. The van der Waals surface area contributed by atoms with Gasteiger partial charge in [-0.3, -0.25) is 4.79 Å². The molecule has 2 amide bonds. The molecule has 0 fully saturated rings. The number of imidazole rings is 1. The molecule has 1 atom stereocenters. The van der Waals surface area contributed by atoms with Crippen LogP contribution in [0.5, 0.6) is 11.5 Å². The highest BCUT2D eigenvalue weighted by Crippen LogP contribution is 2.34. The zero-order valence-electron chi connectivity index (χ0n) is 17.3. The third kappa shape index (κ3) is 4.98. The Kier molecular flexibility index (Phi) is 5.67. The Morgan fingerprint density at radius 3 is 2.76 bits per heavy atom. The van der Waals surface area contributed by atoms with Crippen LogP contribution in [0, 0.1) is 0 Å². The highest BCUT2D eigenvalue weighted by atomic mass is 16.6. The molecule has 1 aromatic heterocycles. The predicted molar refractivity (Wildman–Crippen MR) is 106 cm³/mol. The summed E-state index contributed by atoms with van der Waals surface area (Å²) in [6, 6.07) is 5.20. The average Bonchev–Trinajstić information content (AvgIpc) is 3.01. The van der Waals surface area contributed by atoms with E-state index in [1.54, 1.807) is 31.4 Å². The Morgan fingerprint density at radius 1 is 1.34 bits per heavy atom. The molecular weight excluding hydrogens is 376 g/mol. The lowest BCUT2D eigenvalue weighted by Crippen LogP contribution is -2.46. The number of hydrogen-bond donors (Lipinski definition) is 1. The monoisotopic (exact) mass is 402 g/mol. The lowest BCUT2D eigenvalue weighted by atomic mass is 10.1. The van der Waals surface area contributed by atoms with Gasteiger partial charge in [-0.15, -0.1) is 0 Å². The number of carbonyl (C=O) groups excluding carboxylic acids is 2. The van der Waals surface area contributed by atoms with E-state index >= 15 is 0 Å². The standard InChI is InChI=1S/C20H26N4O5/c1-20(2,3)22-19(26)29-16-11-28-15-7-6-13(10-14(15)24(5)18(16)25)27-12-17-21-8-9-23(17)4/h6-10,16H,11-12H2,1-5H3,(H,22,26)/t16-/m0/s1. The Bertz CT molecular complexity index is 903. The van der Waals surface area contributed by atoms with Crippen LogP contribution in [0.25, 0.3) is 0 Å². The molecule has 1 aliphatic rings. The second kappa shape index (κ2) is 8.02. The molecular formula is C20H26N4O5. The maximum Gasteiger partial charge on any atom is 0.408 e. The van der Waals surface area contributed by atoms with Crippen molar-refractivity contribution in [3.05, 3.63) is 36.4 Å². The molecule has 0 saturated carbocycles. The summed E-state index contributed by atoms with van der Waals surface area (Å²) in [5, 5.41) is 2.67. The quantitative estimate of drug-likeness (QED) is 0.843. The van der Waals surface area contributed by atoms with Gasteiger partial charge >= 0.3 is 6.09 Å². The van der Waals surface area contributed by atoms with Crippen LogP contribution in [-0.4, -0.2) is 46.8 Å². The number of anilines is 1. The molecule has 9 nitrogen and oxygen atoms in total. The maximum absolute atomic E-state index is 12.8. The molecule has 2 heterocycles. The minimum Gasteiger partial charge on any atom is -0.487 e. The van der Waals surface area contributed by atoms with Crippen molar-refractivity contribution in [3.63, 3.8) is 0 Å². The third-order valence-electron chi connectivity index (χ3n) is 4.30. The van der Waals surface area contributed by atoms with E-state index in [1.165, 1.54) is 4.90 Å². The largest absolute Gasteiger partial charge is 0.487 e. The highest BCUT2D eigenvalue weighted by Gasteiger charge is 2.33. The molecule has 0 aliphatic carbocycles. The number of amides is 2. The van der Waals surface area contributed by atoms with Crippen LogP contribution in [-0.2, 0) is 23.2 Å². The van der Waals surface area contributed by atoms with Gasteiger partial charge < -0.3 is 29.0 Å². The number of hydrogen-bond acceptors (Lipinski definition) is 6. The first-order chi connectivity index (χ1) is 13.6. The normalized spacial score (nSPS) is 16.5. The summed E-state index contributed by atoms with van der Waals surface area (Å²) >= 11 is 0. The van der Waals surface area contributed by atoms with Crippen LogP contribution in [0.4, 0.5) is 10.5 Å². The second-order valence-corrected chi connectivity index (χ2v) is 7.85. The van der Waals surface area contributed by atoms with Gasteiger partial charge in [0.15, 0.2) is 0 Å². The van der Waals surface area contributed by atoms with Crippen molar-refractivity contribution in [2.45, 2.75) is 39.0 Å². The summed E-state index contributed by atoms with van der Waals surface area (Å²) in [6.07, 6.45) is 1.82. The Morgan fingerprint density at radius 2 is 2.10 bits per heavy atom.